The fourth-order valence-corrected chi connectivity index (χ4v) is 0.919. The molecule has 0 bridgehead atoms. The van der Waals surface area contributed by atoms with Crippen molar-refractivity contribution >= 4 is 20.7 Å². The molecule has 0 aliphatic rings. The second kappa shape index (κ2) is 7.10. The first kappa shape index (κ1) is 9.99. The quantitative estimate of drug-likeness (QED) is 0.310. The maximum atomic E-state index is 5.30. The van der Waals surface area contributed by atoms with Crippen LogP contribution in [0.2, 0.25) is 0 Å². The zero-order valence-electron chi connectivity index (χ0n) is 6.47. The van der Waals surface area contributed by atoms with E-state index in [0.29, 0.717) is 4.73 Å². The zero-order chi connectivity index (χ0) is 7.82. The van der Waals surface area contributed by atoms with Crippen molar-refractivity contribution < 1.29 is 0 Å². The Morgan fingerprint density at radius 3 is 2.60 bits per heavy atom. The molecule has 0 rings (SSSR count). The Hall–Kier alpha value is -0.0105. The van der Waals surface area contributed by atoms with E-state index in [0.717, 1.165) is 13.0 Å². The maximum absolute atomic E-state index is 5.30. The molecule has 10 heavy (non-hydrogen) atoms. The van der Waals surface area contributed by atoms with Gasteiger partial charge in [0.05, 0.1) is 0 Å². The molecule has 0 amide bonds. The Morgan fingerprint density at radius 2 is 2.10 bits per heavy atom. The molecule has 1 radical (unpaired) electrons. The fraction of sp³-hybridized carbons (Fsp3) is 0.857. The summed E-state index contributed by atoms with van der Waals surface area (Å²) < 4.78 is 0.580. The SMILES string of the molecule is CCCCCCN=C(N)[Se]. The minimum absolute atomic E-state index is 0.580. The molecule has 0 atom stereocenters. The number of nitrogens with zero attached hydrogens (tertiary/aromatic N) is 1. The van der Waals surface area contributed by atoms with Crippen molar-refractivity contribution in [3.63, 3.8) is 0 Å². The van der Waals surface area contributed by atoms with Gasteiger partial charge in [0.15, 0.2) is 0 Å². The molecular formula is C7H15N2Se. The van der Waals surface area contributed by atoms with Crippen molar-refractivity contribution in [3.8, 4) is 0 Å². The topological polar surface area (TPSA) is 38.4 Å². The van der Waals surface area contributed by atoms with Gasteiger partial charge < -0.3 is 0 Å². The van der Waals surface area contributed by atoms with Crippen molar-refractivity contribution in [2.75, 3.05) is 6.54 Å². The van der Waals surface area contributed by atoms with Crippen LogP contribution < -0.4 is 5.73 Å². The predicted molar refractivity (Wildman–Crippen MR) is 46.4 cm³/mol. The number of unbranched alkanes of at least 4 members (excludes halogenated alkanes) is 3. The first-order chi connectivity index (χ1) is 4.77. The molecule has 0 aliphatic carbocycles. The van der Waals surface area contributed by atoms with E-state index in [4.69, 9.17) is 5.73 Å². The summed E-state index contributed by atoms with van der Waals surface area (Å²) in [5.74, 6) is 0. The Kier molecular flexibility index (Phi) is 7.09. The van der Waals surface area contributed by atoms with Crippen LogP contribution in [-0.2, 0) is 0 Å². The van der Waals surface area contributed by atoms with Crippen molar-refractivity contribution in [1.82, 2.24) is 0 Å². The van der Waals surface area contributed by atoms with E-state index in [1.165, 1.54) is 19.3 Å². The fourth-order valence-electron chi connectivity index (χ4n) is 0.728. The standard InChI is InChI=1S/C7H15N2Se/c1-2-3-4-5-6-9-7(8)10/h2-6H2,1H3,(H2,8,9). The van der Waals surface area contributed by atoms with Crippen LogP contribution in [0.3, 0.4) is 0 Å². The minimum atomic E-state index is 0.580. The van der Waals surface area contributed by atoms with Crippen LogP contribution in [0.25, 0.3) is 0 Å². The number of rotatable bonds is 5. The normalized spacial score (nSPS) is 11.9. The third kappa shape index (κ3) is 7.99. The van der Waals surface area contributed by atoms with Gasteiger partial charge in [0.2, 0.25) is 0 Å². The van der Waals surface area contributed by atoms with Gasteiger partial charge in [-0.25, -0.2) is 0 Å². The average molecular weight is 206 g/mol. The Labute approximate surface area is 71.1 Å². The van der Waals surface area contributed by atoms with E-state index in [-0.39, 0.29) is 0 Å². The summed E-state index contributed by atoms with van der Waals surface area (Å²) in [6, 6.07) is 0. The Bertz CT molecular complexity index is 97.8. The average Bonchev–Trinajstić information content (AvgIpc) is 1.87. The molecule has 0 aromatic heterocycles. The van der Waals surface area contributed by atoms with Gasteiger partial charge in [0.1, 0.15) is 0 Å². The van der Waals surface area contributed by atoms with Crippen LogP contribution >= 0.6 is 0 Å². The van der Waals surface area contributed by atoms with Crippen molar-refractivity contribution in [3.05, 3.63) is 0 Å². The first-order valence-electron chi connectivity index (χ1n) is 3.74. The molecule has 0 aromatic carbocycles. The van der Waals surface area contributed by atoms with Crippen LogP contribution in [0.4, 0.5) is 0 Å². The molecular weight excluding hydrogens is 191 g/mol. The van der Waals surface area contributed by atoms with Gasteiger partial charge in [-0.1, -0.05) is 0 Å². The number of nitrogens with two attached hydrogens (primary N) is 1. The Morgan fingerprint density at radius 1 is 1.40 bits per heavy atom. The Balaban J connectivity index is 2.98. The zero-order valence-corrected chi connectivity index (χ0v) is 8.18. The molecule has 0 aliphatic heterocycles. The molecule has 0 aromatic rings. The molecule has 0 spiro atoms. The van der Waals surface area contributed by atoms with Gasteiger partial charge >= 0.3 is 70.6 Å². The van der Waals surface area contributed by atoms with Gasteiger partial charge in [0, 0.05) is 0 Å². The van der Waals surface area contributed by atoms with Gasteiger partial charge in [-0.2, -0.15) is 0 Å². The summed E-state index contributed by atoms with van der Waals surface area (Å²) in [5, 5.41) is 0. The van der Waals surface area contributed by atoms with Gasteiger partial charge in [-0.3, -0.25) is 0 Å². The summed E-state index contributed by atoms with van der Waals surface area (Å²) in [4.78, 5) is 4.04. The van der Waals surface area contributed by atoms with Gasteiger partial charge in [-0.05, 0) is 0 Å². The number of hydrogen-bond acceptors (Lipinski definition) is 1. The van der Waals surface area contributed by atoms with Crippen LogP contribution in [0, 0.1) is 0 Å². The van der Waals surface area contributed by atoms with Crippen molar-refractivity contribution in [1.29, 1.82) is 0 Å². The molecule has 3 heteroatoms. The van der Waals surface area contributed by atoms with Crippen LogP contribution in [0.15, 0.2) is 4.99 Å². The number of amidine groups is 1. The summed E-state index contributed by atoms with van der Waals surface area (Å²) in [6.45, 7) is 3.07. The second-order valence-corrected chi connectivity index (χ2v) is 3.16. The summed E-state index contributed by atoms with van der Waals surface area (Å²) >= 11 is 2.66. The van der Waals surface area contributed by atoms with E-state index in [9.17, 15) is 0 Å². The van der Waals surface area contributed by atoms with Crippen molar-refractivity contribution in [2.45, 2.75) is 32.6 Å². The van der Waals surface area contributed by atoms with E-state index in [1.807, 2.05) is 0 Å². The summed E-state index contributed by atoms with van der Waals surface area (Å²) in [5.41, 5.74) is 5.30. The van der Waals surface area contributed by atoms with E-state index < -0.39 is 0 Å². The summed E-state index contributed by atoms with van der Waals surface area (Å²) in [6.07, 6.45) is 5.02. The monoisotopic (exact) mass is 207 g/mol. The molecule has 0 fully saturated rings. The first-order valence-corrected chi connectivity index (χ1v) is 4.60. The number of aliphatic imine (C=N–C) groups is 1. The second-order valence-electron chi connectivity index (χ2n) is 2.28. The van der Waals surface area contributed by atoms with Crippen LogP contribution in [0.1, 0.15) is 32.6 Å². The molecule has 2 N–H and O–H groups in total. The predicted octanol–water partition coefficient (Wildman–Crippen LogP) is 1.05. The summed E-state index contributed by atoms with van der Waals surface area (Å²) in [7, 11) is 0. The van der Waals surface area contributed by atoms with Crippen LogP contribution in [-0.4, -0.2) is 27.3 Å². The number of hydrogen-bond donors (Lipinski definition) is 1. The van der Waals surface area contributed by atoms with E-state index >= 15 is 0 Å². The van der Waals surface area contributed by atoms with E-state index in [2.05, 4.69) is 27.9 Å². The molecule has 59 valence electrons. The molecule has 2 nitrogen and oxygen atoms in total. The van der Waals surface area contributed by atoms with Crippen LogP contribution in [0.5, 0.6) is 0 Å². The van der Waals surface area contributed by atoms with Crippen molar-refractivity contribution in [2.24, 2.45) is 10.7 Å². The third-order valence-electron chi connectivity index (χ3n) is 1.28. The molecule has 0 heterocycles. The molecule has 0 unspecified atom stereocenters. The third-order valence-corrected chi connectivity index (χ3v) is 1.55. The van der Waals surface area contributed by atoms with E-state index in [1.54, 1.807) is 0 Å². The van der Waals surface area contributed by atoms with Gasteiger partial charge in [-0.15, -0.1) is 0 Å². The molecule has 0 saturated carbocycles. The van der Waals surface area contributed by atoms with Gasteiger partial charge in [0.25, 0.3) is 0 Å². The molecule has 0 saturated heterocycles.